The first-order valence-electron chi connectivity index (χ1n) is 5.48. The molecule has 4 nitrogen and oxygen atoms in total. The average Bonchev–Trinajstić information content (AvgIpc) is 2.26. The van der Waals surface area contributed by atoms with Crippen LogP contribution in [0, 0.1) is 11.8 Å². The first-order chi connectivity index (χ1) is 7.07. The summed E-state index contributed by atoms with van der Waals surface area (Å²) in [6, 6.07) is 0. The van der Waals surface area contributed by atoms with Crippen LogP contribution in [0.1, 0.15) is 32.6 Å². The van der Waals surface area contributed by atoms with Crippen molar-refractivity contribution in [2.75, 3.05) is 7.05 Å². The number of amides is 1. The van der Waals surface area contributed by atoms with Crippen molar-refractivity contribution in [2.45, 2.75) is 38.8 Å². The van der Waals surface area contributed by atoms with Gasteiger partial charge in [0.2, 0.25) is 5.91 Å². The third kappa shape index (κ3) is 2.78. The molecule has 0 aromatic carbocycles. The van der Waals surface area contributed by atoms with E-state index >= 15 is 0 Å². The van der Waals surface area contributed by atoms with E-state index in [9.17, 15) is 14.7 Å². The maximum Gasteiger partial charge on any atom is 0.228 e. The Kier molecular flexibility index (Phi) is 4.27. The molecule has 86 valence electrons. The van der Waals surface area contributed by atoms with Crippen molar-refractivity contribution in [1.29, 1.82) is 0 Å². The van der Waals surface area contributed by atoms with Gasteiger partial charge >= 0.3 is 0 Å². The van der Waals surface area contributed by atoms with Gasteiger partial charge in [-0.1, -0.05) is 12.8 Å². The summed E-state index contributed by atoms with van der Waals surface area (Å²) in [7, 11) is 1.57. The fourth-order valence-corrected chi connectivity index (χ4v) is 2.07. The van der Waals surface area contributed by atoms with Gasteiger partial charge in [-0.2, -0.15) is 0 Å². The van der Waals surface area contributed by atoms with E-state index in [1.165, 1.54) is 4.90 Å². The van der Waals surface area contributed by atoms with Crippen molar-refractivity contribution in [2.24, 2.45) is 11.8 Å². The summed E-state index contributed by atoms with van der Waals surface area (Å²) in [4.78, 5) is 24.1. The van der Waals surface area contributed by atoms with E-state index in [2.05, 4.69) is 0 Å². The van der Waals surface area contributed by atoms with E-state index in [0.29, 0.717) is 0 Å². The fourth-order valence-electron chi connectivity index (χ4n) is 2.07. The second kappa shape index (κ2) is 5.26. The van der Waals surface area contributed by atoms with Gasteiger partial charge in [0.15, 0.2) is 0 Å². The molecule has 3 atom stereocenters. The van der Waals surface area contributed by atoms with Gasteiger partial charge in [0.25, 0.3) is 0 Å². The van der Waals surface area contributed by atoms with Gasteiger partial charge in [0.05, 0.1) is 0 Å². The molecule has 0 aromatic heterocycles. The highest BCUT2D eigenvalue weighted by molar-refractivity contribution is 5.82. The minimum absolute atomic E-state index is 0.109. The Morgan fingerprint density at radius 1 is 1.47 bits per heavy atom. The molecular formula is C11H19NO3. The number of aliphatic hydroxyl groups is 1. The molecule has 1 aliphatic rings. The lowest BCUT2D eigenvalue weighted by Gasteiger charge is -2.31. The molecule has 15 heavy (non-hydrogen) atoms. The molecule has 1 aliphatic carbocycles. The molecule has 0 aliphatic heterocycles. The van der Waals surface area contributed by atoms with Crippen LogP contribution in [0.2, 0.25) is 0 Å². The second-order valence-electron chi connectivity index (χ2n) is 4.27. The van der Waals surface area contributed by atoms with Crippen molar-refractivity contribution in [3.63, 3.8) is 0 Å². The number of nitrogens with zero attached hydrogens (tertiary/aromatic N) is 1. The lowest BCUT2D eigenvalue weighted by Crippen LogP contribution is -2.42. The molecule has 0 spiro atoms. The smallest absolute Gasteiger partial charge is 0.228 e. The summed E-state index contributed by atoms with van der Waals surface area (Å²) in [5.41, 5.74) is 0. The molecular weight excluding hydrogens is 194 g/mol. The van der Waals surface area contributed by atoms with Gasteiger partial charge in [-0.3, -0.25) is 4.79 Å². The van der Waals surface area contributed by atoms with Crippen LogP contribution in [0.5, 0.6) is 0 Å². The van der Waals surface area contributed by atoms with Crippen LogP contribution in [0.15, 0.2) is 0 Å². The van der Waals surface area contributed by atoms with Gasteiger partial charge in [-0.05, 0) is 19.8 Å². The van der Waals surface area contributed by atoms with Gasteiger partial charge in [-0.15, -0.1) is 0 Å². The Bertz CT molecular complexity index is 240. The molecule has 0 bridgehead atoms. The molecule has 1 amide bonds. The van der Waals surface area contributed by atoms with Crippen LogP contribution in [-0.2, 0) is 9.59 Å². The maximum atomic E-state index is 11.9. The monoisotopic (exact) mass is 213 g/mol. The number of aldehydes is 1. The number of carbonyl (C=O) groups is 2. The maximum absolute atomic E-state index is 11.9. The second-order valence-corrected chi connectivity index (χ2v) is 4.27. The zero-order chi connectivity index (χ0) is 11.4. The molecule has 1 saturated carbocycles. The van der Waals surface area contributed by atoms with Crippen molar-refractivity contribution < 1.29 is 14.7 Å². The first-order valence-corrected chi connectivity index (χ1v) is 5.48. The molecule has 0 radical (unpaired) electrons. The summed E-state index contributed by atoms with van der Waals surface area (Å²) in [6.45, 7) is 1.55. The summed E-state index contributed by atoms with van der Waals surface area (Å²) in [6.07, 6.45) is 3.68. The van der Waals surface area contributed by atoms with Crippen molar-refractivity contribution >= 4 is 12.2 Å². The standard InChI is InChI=1S/C11H19NO3/c1-8(14)12(2)11(15)10-6-4-3-5-9(10)7-13/h7-10,14H,3-6H2,1-2H3. The van der Waals surface area contributed by atoms with Gasteiger partial charge in [-0.25, -0.2) is 0 Å². The van der Waals surface area contributed by atoms with Gasteiger partial charge in [0, 0.05) is 18.9 Å². The first kappa shape index (κ1) is 12.2. The third-order valence-corrected chi connectivity index (χ3v) is 3.22. The van der Waals surface area contributed by atoms with Crippen LogP contribution in [0.4, 0.5) is 0 Å². The Morgan fingerprint density at radius 2 is 2.07 bits per heavy atom. The highest BCUT2D eigenvalue weighted by atomic mass is 16.3. The Balaban J connectivity index is 2.67. The quantitative estimate of drug-likeness (QED) is 0.557. The van der Waals surface area contributed by atoms with Crippen LogP contribution >= 0.6 is 0 Å². The molecule has 0 saturated heterocycles. The fraction of sp³-hybridized carbons (Fsp3) is 0.818. The van der Waals surface area contributed by atoms with Crippen molar-refractivity contribution in [1.82, 2.24) is 4.90 Å². The van der Waals surface area contributed by atoms with E-state index in [-0.39, 0.29) is 17.7 Å². The van der Waals surface area contributed by atoms with Crippen LogP contribution in [0.3, 0.4) is 0 Å². The van der Waals surface area contributed by atoms with Crippen LogP contribution in [-0.4, -0.2) is 35.5 Å². The highest BCUT2D eigenvalue weighted by Gasteiger charge is 2.33. The number of aliphatic hydroxyl groups excluding tert-OH is 1. The molecule has 1 rings (SSSR count). The number of hydrogen-bond donors (Lipinski definition) is 1. The van der Waals surface area contributed by atoms with Gasteiger partial charge < -0.3 is 14.8 Å². The van der Waals surface area contributed by atoms with Crippen molar-refractivity contribution in [3.05, 3.63) is 0 Å². The minimum atomic E-state index is -0.785. The van der Waals surface area contributed by atoms with Crippen LogP contribution in [0.25, 0.3) is 0 Å². The summed E-state index contributed by atoms with van der Waals surface area (Å²) < 4.78 is 0. The highest BCUT2D eigenvalue weighted by Crippen LogP contribution is 2.30. The van der Waals surface area contributed by atoms with E-state index in [0.717, 1.165) is 32.0 Å². The van der Waals surface area contributed by atoms with Gasteiger partial charge in [0.1, 0.15) is 12.5 Å². The zero-order valence-corrected chi connectivity index (χ0v) is 9.35. The lowest BCUT2D eigenvalue weighted by atomic mass is 9.79. The van der Waals surface area contributed by atoms with E-state index in [1.54, 1.807) is 14.0 Å². The summed E-state index contributed by atoms with van der Waals surface area (Å²) >= 11 is 0. The predicted molar refractivity (Wildman–Crippen MR) is 56.0 cm³/mol. The topological polar surface area (TPSA) is 57.6 Å². The zero-order valence-electron chi connectivity index (χ0n) is 9.35. The van der Waals surface area contributed by atoms with E-state index < -0.39 is 6.23 Å². The third-order valence-electron chi connectivity index (χ3n) is 3.22. The summed E-state index contributed by atoms with van der Waals surface area (Å²) in [5, 5.41) is 9.30. The Hall–Kier alpha value is -0.900. The molecule has 3 unspecified atom stereocenters. The molecule has 4 heteroatoms. The number of rotatable bonds is 3. The molecule has 0 heterocycles. The normalized spacial score (nSPS) is 28.2. The minimum Gasteiger partial charge on any atom is -0.374 e. The largest absolute Gasteiger partial charge is 0.374 e. The molecule has 0 aromatic rings. The molecule has 1 N–H and O–H groups in total. The van der Waals surface area contributed by atoms with E-state index in [1.807, 2.05) is 0 Å². The SMILES string of the molecule is CC(O)N(C)C(=O)C1CCCCC1C=O. The average molecular weight is 213 g/mol. The molecule has 1 fully saturated rings. The Labute approximate surface area is 90.3 Å². The lowest BCUT2D eigenvalue weighted by molar-refractivity contribution is -0.146. The predicted octanol–water partition coefficient (Wildman–Crippen LogP) is 0.788. The Morgan fingerprint density at radius 3 is 2.60 bits per heavy atom. The van der Waals surface area contributed by atoms with Crippen LogP contribution < -0.4 is 0 Å². The summed E-state index contributed by atoms with van der Waals surface area (Å²) in [5.74, 6) is -0.495. The number of carbonyl (C=O) groups excluding carboxylic acids is 2. The number of hydrogen-bond acceptors (Lipinski definition) is 3. The van der Waals surface area contributed by atoms with E-state index in [4.69, 9.17) is 0 Å². The van der Waals surface area contributed by atoms with Crippen molar-refractivity contribution in [3.8, 4) is 0 Å².